The fraction of sp³-hybridized carbons (Fsp3) is 0.0667. The molecule has 0 aliphatic heterocycles. The van der Waals surface area contributed by atoms with Crippen molar-refractivity contribution in [2.24, 2.45) is 0 Å². The minimum absolute atomic E-state index is 0.0179. The fourth-order valence-electron chi connectivity index (χ4n) is 2.34. The molecular formula is C15H10N2O3S. The molecule has 0 saturated heterocycles. The van der Waals surface area contributed by atoms with E-state index in [1.807, 2.05) is 41.9 Å². The number of aromatic nitrogens is 2. The molecule has 6 heteroatoms. The number of imidazole rings is 1. The Bertz CT molecular complexity index is 931. The Morgan fingerprint density at radius 3 is 3.05 bits per heavy atom. The molecule has 4 aromatic rings. The molecular weight excluding hydrogens is 288 g/mol. The van der Waals surface area contributed by atoms with Crippen LogP contribution in [0.1, 0.15) is 5.69 Å². The number of rotatable bonds is 3. The molecule has 0 bridgehead atoms. The first-order valence-corrected chi connectivity index (χ1v) is 7.25. The van der Waals surface area contributed by atoms with Gasteiger partial charge in [0.1, 0.15) is 11.3 Å². The van der Waals surface area contributed by atoms with Crippen LogP contribution in [0.5, 0.6) is 0 Å². The standard InChI is InChI=1S/C15H10N2O3S/c18-14(19)6-10-8-21-15-16-11(7-17(10)15)13-5-9-3-1-2-4-12(9)20-13/h1-5,7-8H,6H2,(H,18,19). The maximum absolute atomic E-state index is 10.9. The maximum Gasteiger partial charge on any atom is 0.309 e. The summed E-state index contributed by atoms with van der Waals surface area (Å²) >= 11 is 1.43. The SMILES string of the molecule is O=C(O)Cc1csc2nc(-c3cc4ccccc4o3)cn12. The fourth-order valence-corrected chi connectivity index (χ4v) is 3.21. The number of carboxylic acid groups (broad SMARTS) is 1. The summed E-state index contributed by atoms with van der Waals surface area (Å²) in [6.45, 7) is 0. The van der Waals surface area contributed by atoms with Crippen molar-refractivity contribution in [2.45, 2.75) is 6.42 Å². The highest BCUT2D eigenvalue weighted by atomic mass is 32.1. The Labute approximate surface area is 123 Å². The summed E-state index contributed by atoms with van der Waals surface area (Å²) in [5.41, 5.74) is 2.25. The maximum atomic E-state index is 10.9. The van der Waals surface area contributed by atoms with Crippen LogP contribution in [0.25, 0.3) is 27.4 Å². The van der Waals surface area contributed by atoms with Gasteiger partial charge in [0, 0.05) is 22.7 Å². The molecule has 4 rings (SSSR count). The van der Waals surface area contributed by atoms with Crippen LogP contribution in [0.3, 0.4) is 0 Å². The van der Waals surface area contributed by atoms with Crippen molar-refractivity contribution in [3.63, 3.8) is 0 Å². The van der Waals surface area contributed by atoms with Crippen molar-refractivity contribution >= 4 is 33.2 Å². The number of para-hydroxylation sites is 1. The van der Waals surface area contributed by atoms with Gasteiger partial charge in [0.25, 0.3) is 0 Å². The Hall–Kier alpha value is -2.60. The summed E-state index contributed by atoms with van der Waals surface area (Å²) in [7, 11) is 0. The molecule has 0 unspecified atom stereocenters. The van der Waals surface area contributed by atoms with Crippen LogP contribution in [-0.2, 0) is 11.2 Å². The molecule has 0 aliphatic carbocycles. The normalized spacial score (nSPS) is 11.4. The van der Waals surface area contributed by atoms with Crippen molar-refractivity contribution in [3.05, 3.63) is 47.6 Å². The lowest BCUT2D eigenvalue weighted by molar-refractivity contribution is -0.136. The smallest absolute Gasteiger partial charge is 0.309 e. The summed E-state index contributed by atoms with van der Waals surface area (Å²) in [4.78, 5) is 16.1. The molecule has 3 aromatic heterocycles. The Balaban J connectivity index is 1.82. The lowest BCUT2D eigenvalue weighted by Crippen LogP contribution is -2.02. The number of nitrogens with zero attached hydrogens (tertiary/aromatic N) is 2. The van der Waals surface area contributed by atoms with E-state index in [-0.39, 0.29) is 6.42 Å². The summed E-state index contributed by atoms with van der Waals surface area (Å²) < 4.78 is 7.59. The summed E-state index contributed by atoms with van der Waals surface area (Å²) in [6, 6.07) is 9.72. The molecule has 21 heavy (non-hydrogen) atoms. The van der Waals surface area contributed by atoms with Gasteiger partial charge in [-0.3, -0.25) is 9.20 Å². The highest BCUT2D eigenvalue weighted by Gasteiger charge is 2.14. The van der Waals surface area contributed by atoms with E-state index in [0.29, 0.717) is 11.5 Å². The molecule has 3 heterocycles. The Morgan fingerprint density at radius 2 is 2.24 bits per heavy atom. The Kier molecular flexibility index (Phi) is 2.58. The first-order chi connectivity index (χ1) is 10.2. The van der Waals surface area contributed by atoms with Gasteiger partial charge in [-0.25, -0.2) is 4.98 Å². The topological polar surface area (TPSA) is 67.7 Å². The van der Waals surface area contributed by atoms with Gasteiger partial charge in [0.2, 0.25) is 0 Å². The molecule has 0 atom stereocenters. The lowest BCUT2D eigenvalue weighted by atomic mass is 10.2. The summed E-state index contributed by atoms with van der Waals surface area (Å²) in [5.74, 6) is -0.165. The van der Waals surface area contributed by atoms with Gasteiger partial charge < -0.3 is 9.52 Å². The minimum Gasteiger partial charge on any atom is -0.481 e. The second kappa shape index (κ2) is 4.46. The number of hydrogen-bond acceptors (Lipinski definition) is 4. The van der Waals surface area contributed by atoms with E-state index in [9.17, 15) is 4.79 Å². The van der Waals surface area contributed by atoms with Crippen molar-refractivity contribution in [3.8, 4) is 11.5 Å². The number of benzene rings is 1. The molecule has 0 spiro atoms. The van der Waals surface area contributed by atoms with Crippen LogP contribution < -0.4 is 0 Å². The van der Waals surface area contributed by atoms with Crippen LogP contribution >= 0.6 is 11.3 Å². The predicted octanol–water partition coefficient (Wildman–Crippen LogP) is 3.44. The monoisotopic (exact) mass is 298 g/mol. The molecule has 0 saturated carbocycles. The van der Waals surface area contributed by atoms with Crippen molar-refractivity contribution < 1.29 is 14.3 Å². The Morgan fingerprint density at radius 1 is 1.38 bits per heavy atom. The highest BCUT2D eigenvalue weighted by Crippen LogP contribution is 2.29. The van der Waals surface area contributed by atoms with Gasteiger partial charge in [-0.2, -0.15) is 0 Å². The number of aliphatic carboxylic acids is 1. The van der Waals surface area contributed by atoms with Crippen LogP contribution in [0.15, 0.2) is 46.3 Å². The molecule has 5 nitrogen and oxygen atoms in total. The van der Waals surface area contributed by atoms with Crippen molar-refractivity contribution in [1.29, 1.82) is 0 Å². The van der Waals surface area contributed by atoms with E-state index in [4.69, 9.17) is 9.52 Å². The van der Waals surface area contributed by atoms with Crippen LogP contribution in [0.2, 0.25) is 0 Å². The molecule has 0 fully saturated rings. The van der Waals surface area contributed by atoms with Gasteiger partial charge in [0.15, 0.2) is 10.7 Å². The van der Waals surface area contributed by atoms with E-state index in [1.54, 1.807) is 4.40 Å². The van der Waals surface area contributed by atoms with Gasteiger partial charge in [-0.15, -0.1) is 11.3 Å². The molecule has 104 valence electrons. The summed E-state index contributed by atoms with van der Waals surface area (Å²) in [6.07, 6.45) is 1.80. The largest absolute Gasteiger partial charge is 0.481 e. The lowest BCUT2D eigenvalue weighted by Gasteiger charge is -1.92. The van der Waals surface area contributed by atoms with Crippen LogP contribution in [0, 0.1) is 0 Å². The molecule has 1 aromatic carbocycles. The van der Waals surface area contributed by atoms with Gasteiger partial charge in [0.05, 0.1) is 6.42 Å². The van der Waals surface area contributed by atoms with E-state index in [1.165, 1.54) is 11.3 Å². The molecule has 0 aliphatic rings. The molecule has 0 amide bonds. The third-order valence-electron chi connectivity index (χ3n) is 3.29. The zero-order valence-electron chi connectivity index (χ0n) is 10.8. The number of carboxylic acids is 1. The first kappa shape index (κ1) is 12.2. The van der Waals surface area contributed by atoms with Crippen LogP contribution in [-0.4, -0.2) is 20.5 Å². The first-order valence-electron chi connectivity index (χ1n) is 6.37. The quantitative estimate of drug-likeness (QED) is 0.629. The second-order valence-electron chi connectivity index (χ2n) is 4.72. The van der Waals surface area contributed by atoms with Gasteiger partial charge in [-0.05, 0) is 12.1 Å². The zero-order chi connectivity index (χ0) is 14.4. The number of carbonyl (C=O) groups is 1. The van der Waals surface area contributed by atoms with E-state index in [2.05, 4.69) is 4.98 Å². The van der Waals surface area contributed by atoms with E-state index in [0.717, 1.165) is 21.6 Å². The van der Waals surface area contributed by atoms with Crippen LogP contribution in [0.4, 0.5) is 0 Å². The number of thiazole rings is 1. The highest BCUT2D eigenvalue weighted by molar-refractivity contribution is 7.15. The van der Waals surface area contributed by atoms with Gasteiger partial charge >= 0.3 is 5.97 Å². The predicted molar refractivity (Wildman–Crippen MR) is 79.6 cm³/mol. The van der Waals surface area contributed by atoms with E-state index >= 15 is 0 Å². The zero-order valence-corrected chi connectivity index (χ0v) is 11.6. The third-order valence-corrected chi connectivity index (χ3v) is 4.18. The average Bonchev–Trinajstić information content (AvgIpc) is 3.12. The van der Waals surface area contributed by atoms with Crippen molar-refractivity contribution in [2.75, 3.05) is 0 Å². The minimum atomic E-state index is -0.853. The van der Waals surface area contributed by atoms with Crippen molar-refractivity contribution in [1.82, 2.24) is 9.38 Å². The number of fused-ring (bicyclic) bond motifs is 2. The molecule has 1 N–H and O–H groups in total. The number of hydrogen-bond donors (Lipinski definition) is 1. The average molecular weight is 298 g/mol. The second-order valence-corrected chi connectivity index (χ2v) is 5.56. The number of furan rings is 1. The van der Waals surface area contributed by atoms with Gasteiger partial charge in [-0.1, -0.05) is 18.2 Å². The summed E-state index contributed by atoms with van der Waals surface area (Å²) in [5, 5.41) is 11.8. The third kappa shape index (κ3) is 2.00. The van der Waals surface area contributed by atoms with E-state index < -0.39 is 5.97 Å². The molecule has 0 radical (unpaired) electrons.